The molecule has 0 aliphatic carbocycles. The minimum Gasteiger partial charge on any atom is -0.478 e. The van der Waals surface area contributed by atoms with Gasteiger partial charge in [-0.05, 0) is 42.3 Å². The number of aromatic carboxylic acids is 1. The Morgan fingerprint density at radius 2 is 1.76 bits per heavy atom. The number of hydrogen-bond acceptors (Lipinski definition) is 3. The molecular weight excluding hydrogens is 334 g/mol. The molecule has 0 spiro atoms. The number of carbonyl (C=O) groups is 1. The number of rotatable bonds is 7. The Bertz CT molecular complexity index is 916. The van der Waals surface area contributed by atoms with Gasteiger partial charge in [0, 0.05) is 13.0 Å². The van der Waals surface area contributed by atoms with Crippen LogP contribution in [-0.2, 0) is 25.8 Å². The molecule has 0 amide bonds. The van der Waals surface area contributed by atoms with Gasteiger partial charge < -0.3 is 9.67 Å². The first-order valence-electron chi connectivity index (χ1n) is 8.14. The molecule has 2 N–H and O–H groups in total. The fourth-order valence-corrected chi connectivity index (χ4v) is 3.09. The minimum atomic E-state index is -0.907. The highest BCUT2D eigenvalue weighted by molar-refractivity contribution is 7.71. The van der Waals surface area contributed by atoms with Crippen LogP contribution in [0.2, 0.25) is 0 Å². The first-order chi connectivity index (χ1) is 12.1. The first-order valence-corrected chi connectivity index (χ1v) is 8.55. The van der Waals surface area contributed by atoms with Crippen LogP contribution in [-0.4, -0.2) is 25.8 Å². The standard InChI is InChI=1S/C19H19N3O2S/c23-18(24)16-9-5-4-8-15(16)12-13-22-17(20-21-19(22)25)11-10-14-6-2-1-3-7-14/h1-9H,10-13H2,(H,21,25)(H,23,24). The Morgan fingerprint density at radius 3 is 2.52 bits per heavy atom. The van der Waals surface area contributed by atoms with Crippen molar-refractivity contribution in [3.8, 4) is 0 Å². The van der Waals surface area contributed by atoms with Crippen LogP contribution in [0.25, 0.3) is 0 Å². The number of hydrogen-bond donors (Lipinski definition) is 2. The van der Waals surface area contributed by atoms with E-state index < -0.39 is 5.97 Å². The summed E-state index contributed by atoms with van der Waals surface area (Å²) in [5, 5.41) is 16.5. The van der Waals surface area contributed by atoms with E-state index in [0.717, 1.165) is 24.2 Å². The molecule has 1 aromatic heterocycles. The first kappa shape index (κ1) is 17.1. The van der Waals surface area contributed by atoms with E-state index in [1.807, 2.05) is 34.9 Å². The molecule has 3 aromatic rings. The number of benzene rings is 2. The van der Waals surface area contributed by atoms with Gasteiger partial charge in [-0.2, -0.15) is 5.10 Å². The van der Waals surface area contributed by atoms with Crippen molar-refractivity contribution in [2.24, 2.45) is 0 Å². The van der Waals surface area contributed by atoms with Crippen molar-refractivity contribution < 1.29 is 9.90 Å². The van der Waals surface area contributed by atoms with Crippen molar-refractivity contribution >= 4 is 18.2 Å². The van der Waals surface area contributed by atoms with Crippen LogP contribution < -0.4 is 0 Å². The highest BCUT2D eigenvalue weighted by atomic mass is 32.1. The van der Waals surface area contributed by atoms with Gasteiger partial charge >= 0.3 is 5.97 Å². The number of aromatic amines is 1. The van der Waals surface area contributed by atoms with Crippen LogP contribution >= 0.6 is 12.2 Å². The summed E-state index contributed by atoms with van der Waals surface area (Å²) in [6.45, 7) is 0.601. The number of aromatic nitrogens is 3. The number of carboxylic acids is 1. The summed E-state index contributed by atoms with van der Waals surface area (Å²) >= 11 is 5.33. The van der Waals surface area contributed by atoms with Crippen molar-refractivity contribution in [3.05, 3.63) is 81.9 Å². The smallest absolute Gasteiger partial charge is 0.335 e. The highest BCUT2D eigenvalue weighted by Crippen LogP contribution is 2.12. The SMILES string of the molecule is O=C(O)c1ccccc1CCn1c(CCc2ccccc2)n[nH]c1=S. The van der Waals surface area contributed by atoms with Crippen LogP contribution in [0.15, 0.2) is 54.6 Å². The van der Waals surface area contributed by atoms with Crippen molar-refractivity contribution in [1.82, 2.24) is 14.8 Å². The topological polar surface area (TPSA) is 70.9 Å². The molecule has 1 heterocycles. The number of aryl methyl sites for hydroxylation is 3. The third-order valence-electron chi connectivity index (χ3n) is 4.17. The van der Waals surface area contributed by atoms with Crippen molar-refractivity contribution in [2.45, 2.75) is 25.8 Å². The van der Waals surface area contributed by atoms with E-state index in [1.165, 1.54) is 5.56 Å². The maximum atomic E-state index is 11.3. The summed E-state index contributed by atoms with van der Waals surface area (Å²) in [4.78, 5) is 11.3. The molecule has 5 nitrogen and oxygen atoms in total. The molecule has 0 aliphatic heterocycles. The second-order valence-corrected chi connectivity index (χ2v) is 6.18. The Labute approximate surface area is 151 Å². The average Bonchev–Trinajstić information content (AvgIpc) is 2.99. The lowest BCUT2D eigenvalue weighted by molar-refractivity contribution is 0.0695. The average molecular weight is 353 g/mol. The maximum Gasteiger partial charge on any atom is 0.335 e. The van der Waals surface area contributed by atoms with Crippen LogP contribution in [0.5, 0.6) is 0 Å². The molecule has 25 heavy (non-hydrogen) atoms. The summed E-state index contributed by atoms with van der Waals surface area (Å²) in [7, 11) is 0. The Balaban J connectivity index is 1.72. The number of nitrogens with one attached hydrogen (secondary N) is 1. The minimum absolute atomic E-state index is 0.336. The number of H-pyrrole nitrogens is 1. The number of nitrogens with zero attached hydrogens (tertiary/aromatic N) is 2. The van der Waals surface area contributed by atoms with E-state index in [0.29, 0.717) is 23.3 Å². The van der Waals surface area contributed by atoms with Gasteiger partial charge in [-0.25, -0.2) is 4.79 Å². The quantitative estimate of drug-likeness (QED) is 0.636. The van der Waals surface area contributed by atoms with Gasteiger partial charge in [-0.15, -0.1) is 0 Å². The van der Waals surface area contributed by atoms with Gasteiger partial charge in [-0.3, -0.25) is 5.10 Å². The van der Waals surface area contributed by atoms with Gasteiger partial charge in [0.2, 0.25) is 0 Å². The van der Waals surface area contributed by atoms with Gasteiger partial charge in [0.25, 0.3) is 0 Å². The van der Waals surface area contributed by atoms with Crippen LogP contribution in [0.4, 0.5) is 0 Å². The second kappa shape index (κ2) is 7.90. The molecule has 0 bridgehead atoms. The van der Waals surface area contributed by atoms with E-state index in [1.54, 1.807) is 12.1 Å². The molecule has 0 atom stereocenters. The van der Waals surface area contributed by atoms with E-state index in [-0.39, 0.29) is 0 Å². The molecule has 3 rings (SSSR count). The lowest BCUT2D eigenvalue weighted by atomic mass is 10.0. The molecule has 0 aliphatic rings. The maximum absolute atomic E-state index is 11.3. The third-order valence-corrected chi connectivity index (χ3v) is 4.48. The zero-order valence-corrected chi connectivity index (χ0v) is 14.5. The summed E-state index contributed by atoms with van der Waals surface area (Å²) in [5.41, 5.74) is 2.38. The van der Waals surface area contributed by atoms with E-state index in [9.17, 15) is 9.90 Å². The van der Waals surface area contributed by atoms with Crippen LogP contribution in [0.1, 0.15) is 27.3 Å². The van der Waals surface area contributed by atoms with E-state index in [4.69, 9.17) is 12.2 Å². The molecule has 0 fully saturated rings. The molecule has 0 radical (unpaired) electrons. The largest absolute Gasteiger partial charge is 0.478 e. The zero-order chi connectivity index (χ0) is 17.6. The van der Waals surface area contributed by atoms with Gasteiger partial charge in [0.1, 0.15) is 5.82 Å². The lowest BCUT2D eigenvalue weighted by Crippen LogP contribution is -2.10. The summed E-state index contributed by atoms with van der Waals surface area (Å²) < 4.78 is 2.52. The fraction of sp³-hybridized carbons (Fsp3) is 0.211. The molecule has 128 valence electrons. The molecule has 6 heteroatoms. The summed E-state index contributed by atoms with van der Waals surface area (Å²) in [6.07, 6.45) is 2.25. The predicted octanol–water partition coefficient (Wildman–Crippen LogP) is 3.67. The monoisotopic (exact) mass is 353 g/mol. The van der Waals surface area contributed by atoms with E-state index in [2.05, 4.69) is 22.3 Å². The molecule has 2 aromatic carbocycles. The normalized spacial score (nSPS) is 10.7. The van der Waals surface area contributed by atoms with Crippen LogP contribution in [0.3, 0.4) is 0 Å². The van der Waals surface area contributed by atoms with Crippen LogP contribution in [0, 0.1) is 4.77 Å². The summed E-state index contributed by atoms with van der Waals surface area (Å²) in [6, 6.07) is 17.3. The van der Waals surface area contributed by atoms with Gasteiger partial charge in [0.05, 0.1) is 5.56 Å². The van der Waals surface area contributed by atoms with Crippen molar-refractivity contribution in [1.29, 1.82) is 0 Å². The van der Waals surface area contributed by atoms with E-state index >= 15 is 0 Å². The second-order valence-electron chi connectivity index (χ2n) is 5.79. The Hall–Kier alpha value is -2.73. The van der Waals surface area contributed by atoms with Crippen molar-refractivity contribution in [3.63, 3.8) is 0 Å². The third kappa shape index (κ3) is 4.22. The Kier molecular flexibility index (Phi) is 5.40. The predicted molar refractivity (Wildman–Crippen MR) is 98.4 cm³/mol. The summed E-state index contributed by atoms with van der Waals surface area (Å²) in [5.74, 6) is -0.0163. The fourth-order valence-electron chi connectivity index (χ4n) is 2.85. The number of carboxylic acid groups (broad SMARTS) is 1. The highest BCUT2D eigenvalue weighted by Gasteiger charge is 2.11. The molecular formula is C19H19N3O2S. The van der Waals surface area contributed by atoms with Crippen molar-refractivity contribution in [2.75, 3.05) is 0 Å². The lowest BCUT2D eigenvalue weighted by Gasteiger charge is -2.09. The molecule has 0 saturated heterocycles. The van der Waals surface area contributed by atoms with Gasteiger partial charge in [-0.1, -0.05) is 48.5 Å². The van der Waals surface area contributed by atoms with Gasteiger partial charge in [0.15, 0.2) is 4.77 Å². The Morgan fingerprint density at radius 1 is 1.04 bits per heavy atom. The molecule has 0 saturated carbocycles. The molecule has 0 unspecified atom stereocenters. The zero-order valence-electron chi connectivity index (χ0n) is 13.7.